The van der Waals surface area contributed by atoms with E-state index < -0.39 is 0 Å². The summed E-state index contributed by atoms with van der Waals surface area (Å²) in [6.45, 7) is 2.31. The summed E-state index contributed by atoms with van der Waals surface area (Å²) in [7, 11) is 1.57. The van der Waals surface area contributed by atoms with Crippen molar-refractivity contribution in [2.75, 3.05) is 33.5 Å². The Kier molecular flexibility index (Phi) is 8.84. The Bertz CT molecular complexity index is 699. The Balaban J connectivity index is 1.96. The number of halogens is 2. The minimum atomic E-state index is -0.299. The molecule has 142 valence electrons. The molecular formula is C19H23BrFNO4. The lowest BCUT2D eigenvalue weighted by Crippen LogP contribution is -2.20. The van der Waals surface area contributed by atoms with Crippen LogP contribution in [0.1, 0.15) is 11.1 Å². The highest BCUT2D eigenvalue weighted by molar-refractivity contribution is 9.10. The summed E-state index contributed by atoms with van der Waals surface area (Å²) >= 11 is 3.50. The molecule has 0 atom stereocenters. The van der Waals surface area contributed by atoms with Crippen molar-refractivity contribution in [3.8, 4) is 11.5 Å². The van der Waals surface area contributed by atoms with E-state index in [1.807, 2.05) is 12.1 Å². The third-order valence-corrected chi connectivity index (χ3v) is 4.20. The summed E-state index contributed by atoms with van der Waals surface area (Å²) in [6, 6.07) is 10.3. The summed E-state index contributed by atoms with van der Waals surface area (Å²) < 4.78 is 30.9. The monoisotopic (exact) mass is 427 g/mol. The van der Waals surface area contributed by atoms with Crippen LogP contribution < -0.4 is 14.8 Å². The largest absolute Gasteiger partial charge is 0.493 e. The predicted octanol–water partition coefficient (Wildman–Crippen LogP) is 3.27. The van der Waals surface area contributed by atoms with Crippen LogP contribution in [-0.4, -0.2) is 38.6 Å². The van der Waals surface area contributed by atoms with Crippen LogP contribution in [0.2, 0.25) is 0 Å². The number of aliphatic hydroxyl groups excluding tert-OH is 1. The van der Waals surface area contributed by atoms with E-state index in [0.29, 0.717) is 43.4 Å². The lowest BCUT2D eigenvalue weighted by Gasteiger charge is -2.15. The molecule has 0 spiro atoms. The highest BCUT2D eigenvalue weighted by Crippen LogP contribution is 2.37. The predicted molar refractivity (Wildman–Crippen MR) is 101 cm³/mol. The van der Waals surface area contributed by atoms with Gasteiger partial charge in [0.05, 0.1) is 31.4 Å². The van der Waals surface area contributed by atoms with Gasteiger partial charge in [-0.3, -0.25) is 0 Å². The molecular weight excluding hydrogens is 405 g/mol. The zero-order chi connectivity index (χ0) is 18.8. The van der Waals surface area contributed by atoms with E-state index in [9.17, 15) is 4.39 Å². The topological polar surface area (TPSA) is 60.0 Å². The molecule has 0 saturated heterocycles. The van der Waals surface area contributed by atoms with E-state index in [2.05, 4.69) is 21.2 Å². The zero-order valence-electron chi connectivity index (χ0n) is 14.6. The van der Waals surface area contributed by atoms with Crippen molar-refractivity contribution in [1.29, 1.82) is 0 Å². The van der Waals surface area contributed by atoms with Gasteiger partial charge < -0.3 is 24.6 Å². The van der Waals surface area contributed by atoms with Crippen LogP contribution >= 0.6 is 15.9 Å². The smallest absolute Gasteiger partial charge is 0.175 e. The molecule has 7 heteroatoms. The molecule has 0 unspecified atom stereocenters. The summed E-state index contributed by atoms with van der Waals surface area (Å²) in [4.78, 5) is 0. The van der Waals surface area contributed by atoms with Gasteiger partial charge in [0.2, 0.25) is 0 Å². The number of nitrogens with one attached hydrogen (secondary N) is 1. The van der Waals surface area contributed by atoms with Crippen LogP contribution in [0.25, 0.3) is 0 Å². The first-order valence-corrected chi connectivity index (χ1v) is 9.07. The molecule has 0 heterocycles. The molecule has 0 aliphatic carbocycles. The fourth-order valence-electron chi connectivity index (χ4n) is 2.32. The van der Waals surface area contributed by atoms with Gasteiger partial charge in [0.15, 0.2) is 11.5 Å². The van der Waals surface area contributed by atoms with Gasteiger partial charge >= 0.3 is 0 Å². The van der Waals surface area contributed by atoms with E-state index in [4.69, 9.17) is 19.3 Å². The molecule has 0 radical (unpaired) electrons. The minimum Gasteiger partial charge on any atom is -0.493 e. The second-order valence-electron chi connectivity index (χ2n) is 5.50. The Morgan fingerprint density at radius 2 is 2.00 bits per heavy atom. The van der Waals surface area contributed by atoms with Gasteiger partial charge in [0, 0.05) is 18.7 Å². The van der Waals surface area contributed by atoms with E-state index in [0.717, 1.165) is 10.0 Å². The van der Waals surface area contributed by atoms with Gasteiger partial charge in [-0.25, -0.2) is 4.39 Å². The molecule has 0 aliphatic rings. The average Bonchev–Trinajstić information content (AvgIpc) is 2.64. The molecule has 26 heavy (non-hydrogen) atoms. The van der Waals surface area contributed by atoms with Crippen molar-refractivity contribution in [3.63, 3.8) is 0 Å². The average molecular weight is 428 g/mol. The van der Waals surface area contributed by atoms with Crippen molar-refractivity contribution < 1.29 is 23.7 Å². The van der Waals surface area contributed by atoms with E-state index in [1.54, 1.807) is 25.3 Å². The number of rotatable bonds is 11. The Hall–Kier alpha value is -1.67. The van der Waals surface area contributed by atoms with Crippen LogP contribution in [0.3, 0.4) is 0 Å². The number of hydrogen-bond acceptors (Lipinski definition) is 5. The third-order valence-electron chi connectivity index (χ3n) is 3.61. The zero-order valence-corrected chi connectivity index (χ0v) is 16.2. The van der Waals surface area contributed by atoms with Crippen molar-refractivity contribution in [2.24, 2.45) is 0 Å². The number of hydrogen-bond donors (Lipinski definition) is 2. The molecule has 2 aromatic rings. The highest BCUT2D eigenvalue weighted by Gasteiger charge is 2.13. The number of aliphatic hydroxyl groups is 1. The molecule has 0 bridgehead atoms. The van der Waals surface area contributed by atoms with Crippen molar-refractivity contribution in [3.05, 3.63) is 57.8 Å². The fourth-order valence-corrected chi connectivity index (χ4v) is 2.93. The maximum Gasteiger partial charge on any atom is 0.175 e. The third kappa shape index (κ3) is 6.25. The van der Waals surface area contributed by atoms with Gasteiger partial charge in [-0.2, -0.15) is 0 Å². The lowest BCUT2D eigenvalue weighted by atomic mass is 10.2. The van der Waals surface area contributed by atoms with Crippen LogP contribution in [0, 0.1) is 5.82 Å². The normalized spacial score (nSPS) is 10.8. The number of methoxy groups -OCH3 is 1. The van der Waals surface area contributed by atoms with Crippen molar-refractivity contribution in [2.45, 2.75) is 13.2 Å². The second kappa shape index (κ2) is 11.1. The maximum absolute atomic E-state index is 13.7. The molecule has 0 aromatic heterocycles. The van der Waals surface area contributed by atoms with Crippen LogP contribution in [-0.2, 0) is 17.9 Å². The molecule has 2 N–H and O–H groups in total. The minimum absolute atomic E-state index is 0.0263. The summed E-state index contributed by atoms with van der Waals surface area (Å²) in [5, 5.41) is 11.9. The summed E-state index contributed by atoms with van der Waals surface area (Å²) in [6.07, 6.45) is 0. The van der Waals surface area contributed by atoms with Gasteiger partial charge in [-0.15, -0.1) is 0 Å². The van der Waals surface area contributed by atoms with Crippen molar-refractivity contribution in [1.82, 2.24) is 5.32 Å². The molecule has 0 amide bonds. The highest BCUT2D eigenvalue weighted by atomic mass is 79.9. The first kappa shape index (κ1) is 20.6. The van der Waals surface area contributed by atoms with E-state index in [1.165, 1.54) is 6.07 Å². The Morgan fingerprint density at radius 3 is 2.73 bits per heavy atom. The second-order valence-corrected chi connectivity index (χ2v) is 6.36. The summed E-state index contributed by atoms with van der Waals surface area (Å²) in [5.41, 5.74) is 1.49. The molecule has 0 aliphatic heterocycles. The van der Waals surface area contributed by atoms with Gasteiger partial charge in [-0.05, 0) is 39.7 Å². The Labute approximate surface area is 161 Å². The lowest BCUT2D eigenvalue weighted by molar-refractivity contribution is 0.0938. The Morgan fingerprint density at radius 1 is 1.19 bits per heavy atom. The fraction of sp³-hybridized carbons (Fsp3) is 0.368. The SMILES string of the molecule is COc1cc(CNCCOCCO)cc(Br)c1OCc1ccccc1F. The maximum atomic E-state index is 13.7. The van der Waals surface area contributed by atoms with Crippen LogP contribution in [0.5, 0.6) is 11.5 Å². The first-order chi connectivity index (χ1) is 12.7. The number of ether oxygens (including phenoxy) is 3. The van der Waals surface area contributed by atoms with E-state index >= 15 is 0 Å². The standard InChI is InChI=1S/C19H23BrFNO4/c1-24-18-11-14(12-22-6-8-25-9-7-23)10-16(20)19(18)26-13-15-4-2-3-5-17(15)21/h2-5,10-11,22-23H,6-9,12-13H2,1H3. The number of benzene rings is 2. The summed E-state index contributed by atoms with van der Waals surface area (Å²) in [5.74, 6) is 0.807. The molecule has 2 aromatic carbocycles. The molecule has 0 fully saturated rings. The molecule has 5 nitrogen and oxygen atoms in total. The van der Waals surface area contributed by atoms with Gasteiger partial charge in [0.1, 0.15) is 12.4 Å². The van der Waals surface area contributed by atoms with Gasteiger partial charge in [-0.1, -0.05) is 18.2 Å². The van der Waals surface area contributed by atoms with Crippen LogP contribution in [0.15, 0.2) is 40.9 Å². The van der Waals surface area contributed by atoms with Crippen LogP contribution in [0.4, 0.5) is 4.39 Å². The quantitative estimate of drug-likeness (QED) is 0.538. The van der Waals surface area contributed by atoms with E-state index in [-0.39, 0.29) is 19.0 Å². The first-order valence-electron chi connectivity index (χ1n) is 8.27. The van der Waals surface area contributed by atoms with Crippen molar-refractivity contribution >= 4 is 15.9 Å². The van der Waals surface area contributed by atoms with Gasteiger partial charge in [0.25, 0.3) is 0 Å². The molecule has 0 saturated carbocycles. The molecule has 2 rings (SSSR count).